The molecule has 0 fully saturated rings. The average Bonchev–Trinajstić information content (AvgIpc) is 3.14. The minimum absolute atomic E-state index is 0.0101. The van der Waals surface area contributed by atoms with Crippen molar-refractivity contribution >= 4 is 29.1 Å². The molecule has 0 spiro atoms. The number of aromatic amines is 1. The molecule has 3 atom stereocenters. The molecule has 3 aliphatic rings. The first kappa shape index (κ1) is 19.7. The zero-order valence-corrected chi connectivity index (χ0v) is 17.4. The minimum atomic E-state index is -1.05. The highest BCUT2D eigenvalue weighted by Gasteiger charge is 2.56. The van der Waals surface area contributed by atoms with Gasteiger partial charge in [-0.05, 0) is 18.1 Å². The molecule has 6 nitrogen and oxygen atoms in total. The van der Waals surface area contributed by atoms with Crippen molar-refractivity contribution in [1.29, 1.82) is 0 Å². The maximum atomic E-state index is 13.5. The molecule has 0 saturated carbocycles. The Labute approximate surface area is 170 Å². The first-order valence-corrected chi connectivity index (χ1v) is 10.4. The molecule has 0 aliphatic carbocycles. The summed E-state index contributed by atoms with van der Waals surface area (Å²) < 4.78 is 13.3. The predicted octanol–water partition coefficient (Wildman–Crippen LogP) is 2.83. The SMILES string of the molecule is CCC1C=[N+]2CCc3c([nH]c4ccccc34)[C@@](COC(C)=O)(C(=O)OC)[C@@H]1CC2. The summed E-state index contributed by atoms with van der Waals surface area (Å²) in [6.45, 7) is 5.32. The van der Waals surface area contributed by atoms with Crippen molar-refractivity contribution in [3.8, 4) is 0 Å². The van der Waals surface area contributed by atoms with Gasteiger partial charge in [-0.25, -0.2) is 4.58 Å². The summed E-state index contributed by atoms with van der Waals surface area (Å²) in [5.41, 5.74) is 1.92. The van der Waals surface area contributed by atoms with Gasteiger partial charge in [-0.2, -0.15) is 0 Å². The smallest absolute Gasteiger partial charge is 0.321 e. The van der Waals surface area contributed by atoms with Crippen LogP contribution in [0.4, 0.5) is 0 Å². The number of hydrogen-bond donors (Lipinski definition) is 1. The van der Waals surface area contributed by atoms with E-state index in [0.29, 0.717) is 0 Å². The summed E-state index contributed by atoms with van der Waals surface area (Å²) >= 11 is 0. The van der Waals surface area contributed by atoms with Gasteiger partial charge in [0.25, 0.3) is 0 Å². The van der Waals surface area contributed by atoms with E-state index in [-0.39, 0.29) is 30.4 Å². The second-order valence-electron chi connectivity index (χ2n) is 8.17. The van der Waals surface area contributed by atoms with E-state index in [1.807, 2.05) is 18.2 Å². The van der Waals surface area contributed by atoms with Crippen LogP contribution in [0.1, 0.15) is 37.9 Å². The number of carbonyl (C=O) groups excluding carboxylic acids is 2. The third-order valence-electron chi connectivity index (χ3n) is 6.71. The summed E-state index contributed by atoms with van der Waals surface area (Å²) in [5.74, 6) is -0.532. The fourth-order valence-corrected chi connectivity index (χ4v) is 5.33. The lowest BCUT2D eigenvalue weighted by molar-refractivity contribution is -0.532. The molecule has 29 heavy (non-hydrogen) atoms. The van der Waals surface area contributed by atoms with E-state index < -0.39 is 5.41 Å². The molecule has 2 bridgehead atoms. The number of benzene rings is 1. The fourth-order valence-electron chi connectivity index (χ4n) is 5.33. The number of fused-ring (bicyclic) bond motifs is 4. The number of rotatable bonds is 4. The Balaban J connectivity index is 2.02. The van der Waals surface area contributed by atoms with Gasteiger partial charge in [0.15, 0.2) is 0 Å². The van der Waals surface area contributed by atoms with Crippen LogP contribution < -0.4 is 0 Å². The van der Waals surface area contributed by atoms with Gasteiger partial charge >= 0.3 is 11.9 Å². The highest BCUT2D eigenvalue weighted by Crippen LogP contribution is 2.46. The number of nitrogens with one attached hydrogen (secondary N) is 1. The number of esters is 2. The predicted molar refractivity (Wildman–Crippen MR) is 110 cm³/mol. The Morgan fingerprint density at radius 3 is 2.79 bits per heavy atom. The number of nitrogens with zero attached hydrogens (tertiary/aromatic N) is 1. The maximum Gasteiger partial charge on any atom is 0.321 e. The monoisotopic (exact) mass is 397 g/mol. The van der Waals surface area contributed by atoms with Crippen LogP contribution in [0.3, 0.4) is 0 Å². The molecular formula is C23H29N2O4+. The second-order valence-corrected chi connectivity index (χ2v) is 8.17. The maximum absolute atomic E-state index is 13.5. The van der Waals surface area contributed by atoms with Crippen LogP contribution >= 0.6 is 0 Å². The van der Waals surface area contributed by atoms with E-state index in [1.54, 1.807) is 0 Å². The van der Waals surface area contributed by atoms with E-state index >= 15 is 0 Å². The molecule has 5 rings (SSSR count). The minimum Gasteiger partial charge on any atom is -0.468 e. The van der Waals surface area contributed by atoms with Crippen LogP contribution in [0.15, 0.2) is 24.3 Å². The molecule has 3 aliphatic heterocycles. The van der Waals surface area contributed by atoms with Crippen LogP contribution in [-0.4, -0.2) is 54.5 Å². The van der Waals surface area contributed by atoms with E-state index in [2.05, 4.69) is 28.8 Å². The first-order chi connectivity index (χ1) is 14.0. The van der Waals surface area contributed by atoms with Gasteiger partial charge in [0.2, 0.25) is 0 Å². The Hall–Kier alpha value is -2.63. The average molecular weight is 397 g/mol. The quantitative estimate of drug-likeness (QED) is 0.636. The molecule has 154 valence electrons. The van der Waals surface area contributed by atoms with Crippen molar-refractivity contribution in [3.63, 3.8) is 0 Å². The van der Waals surface area contributed by atoms with E-state index in [1.165, 1.54) is 14.0 Å². The Bertz CT molecular complexity index is 976. The third-order valence-corrected chi connectivity index (χ3v) is 6.71. The molecule has 1 aromatic carbocycles. The number of ether oxygens (including phenoxy) is 2. The zero-order valence-electron chi connectivity index (χ0n) is 17.4. The van der Waals surface area contributed by atoms with Gasteiger partial charge in [0.1, 0.15) is 31.3 Å². The number of carbonyl (C=O) groups is 2. The van der Waals surface area contributed by atoms with Gasteiger partial charge in [-0.15, -0.1) is 0 Å². The van der Waals surface area contributed by atoms with E-state index in [4.69, 9.17) is 9.47 Å². The van der Waals surface area contributed by atoms with Crippen molar-refractivity contribution in [2.45, 2.75) is 38.5 Å². The van der Waals surface area contributed by atoms with Crippen LogP contribution in [0.5, 0.6) is 0 Å². The van der Waals surface area contributed by atoms with Gasteiger partial charge < -0.3 is 14.5 Å². The molecule has 1 aromatic heterocycles. The largest absolute Gasteiger partial charge is 0.468 e. The van der Waals surface area contributed by atoms with Crippen LogP contribution in [0.2, 0.25) is 0 Å². The summed E-state index contributed by atoms with van der Waals surface area (Å²) in [4.78, 5) is 28.9. The topological polar surface area (TPSA) is 71.4 Å². The molecule has 2 aromatic rings. The molecule has 1 unspecified atom stereocenters. The molecule has 6 heteroatoms. The van der Waals surface area contributed by atoms with E-state index in [0.717, 1.165) is 54.5 Å². The lowest BCUT2D eigenvalue weighted by Crippen LogP contribution is -2.53. The molecule has 0 amide bonds. The van der Waals surface area contributed by atoms with Crippen molar-refractivity contribution in [3.05, 3.63) is 35.5 Å². The highest BCUT2D eigenvalue weighted by molar-refractivity contribution is 5.91. The first-order valence-electron chi connectivity index (χ1n) is 10.4. The molecule has 1 N–H and O–H groups in total. The number of H-pyrrole nitrogens is 1. The molecular weight excluding hydrogens is 368 g/mol. The summed E-state index contributed by atoms with van der Waals surface area (Å²) in [6.07, 6.45) is 4.86. The zero-order chi connectivity index (χ0) is 20.6. The summed E-state index contributed by atoms with van der Waals surface area (Å²) in [5, 5.41) is 1.12. The Morgan fingerprint density at radius 1 is 1.28 bits per heavy atom. The number of hydrogen-bond acceptors (Lipinski definition) is 4. The lowest BCUT2D eigenvalue weighted by Gasteiger charge is -2.40. The van der Waals surface area contributed by atoms with Crippen LogP contribution in [0, 0.1) is 11.8 Å². The Kier molecular flexibility index (Phi) is 5.19. The molecule has 0 saturated heterocycles. The second kappa shape index (κ2) is 7.65. The standard InChI is InChI=1S/C23H29N2O4/c1-4-16-13-25-11-9-18-17-7-5-6-8-20(17)24-21(18)23(22(27)28-3,14-29-15(2)26)19(16)10-12-25/h5-8,13,16,19,24H,4,9-12,14H2,1-3H3/q+1/t16?,19-,23+/m1/s1. The van der Waals surface area contributed by atoms with Crippen molar-refractivity contribution in [2.24, 2.45) is 11.8 Å². The van der Waals surface area contributed by atoms with E-state index in [9.17, 15) is 9.59 Å². The van der Waals surface area contributed by atoms with Gasteiger partial charge in [0, 0.05) is 48.2 Å². The van der Waals surface area contributed by atoms with Gasteiger partial charge in [-0.1, -0.05) is 25.1 Å². The third kappa shape index (κ3) is 3.15. The van der Waals surface area contributed by atoms with Crippen molar-refractivity contribution in [1.82, 2.24) is 4.98 Å². The number of aromatic nitrogens is 1. The summed E-state index contributed by atoms with van der Waals surface area (Å²) in [6, 6.07) is 8.13. The number of methoxy groups -OCH3 is 1. The molecule has 4 heterocycles. The van der Waals surface area contributed by atoms with Crippen molar-refractivity contribution < 1.29 is 23.6 Å². The van der Waals surface area contributed by atoms with Crippen LogP contribution in [0.25, 0.3) is 10.9 Å². The van der Waals surface area contributed by atoms with Gasteiger partial charge in [-0.3, -0.25) is 9.59 Å². The Morgan fingerprint density at radius 2 is 2.07 bits per heavy atom. The highest BCUT2D eigenvalue weighted by atomic mass is 16.5. The number of para-hydroxylation sites is 1. The lowest BCUT2D eigenvalue weighted by atomic mass is 9.64. The van der Waals surface area contributed by atoms with Crippen LogP contribution in [-0.2, 0) is 30.9 Å². The fraction of sp³-hybridized carbons (Fsp3) is 0.522. The van der Waals surface area contributed by atoms with Crippen molar-refractivity contribution in [2.75, 3.05) is 26.8 Å². The van der Waals surface area contributed by atoms with Gasteiger partial charge in [0.05, 0.1) is 7.11 Å². The normalized spacial score (nSPS) is 26.1. The molecule has 0 radical (unpaired) electrons. The summed E-state index contributed by atoms with van der Waals surface area (Å²) in [7, 11) is 1.42.